The Morgan fingerprint density at radius 2 is 2.17 bits per heavy atom. The summed E-state index contributed by atoms with van der Waals surface area (Å²) in [5, 5.41) is 0. The van der Waals surface area contributed by atoms with E-state index in [0.717, 1.165) is 24.8 Å². The van der Waals surface area contributed by atoms with Crippen molar-refractivity contribution in [2.45, 2.75) is 32.4 Å². The zero-order chi connectivity index (χ0) is 16.4. The zero-order valence-corrected chi connectivity index (χ0v) is 13.8. The monoisotopic (exact) mass is 329 g/mol. The second-order valence-corrected chi connectivity index (χ2v) is 6.91. The third kappa shape index (κ3) is 3.70. The standard InChI is InChI=1S/C18H23N3O3/c22-18(6-17-2-1-5-24-17)20-8-15(12-23-11-14-3-4-14)9-21-13-19-7-16(21)10-20/h1-2,5,7,13-15H,3-4,6,8-12H2. The number of rotatable bonds is 6. The number of ether oxygens (including phenoxy) is 1. The summed E-state index contributed by atoms with van der Waals surface area (Å²) < 4.78 is 13.3. The maximum atomic E-state index is 12.7. The molecular weight excluding hydrogens is 306 g/mol. The van der Waals surface area contributed by atoms with E-state index in [1.54, 1.807) is 6.26 Å². The van der Waals surface area contributed by atoms with Crippen molar-refractivity contribution >= 4 is 5.91 Å². The number of fused-ring (bicyclic) bond motifs is 1. The van der Waals surface area contributed by atoms with Gasteiger partial charge in [-0.15, -0.1) is 0 Å². The Balaban J connectivity index is 1.42. The number of imidazole rings is 1. The van der Waals surface area contributed by atoms with Gasteiger partial charge < -0.3 is 18.6 Å². The van der Waals surface area contributed by atoms with Gasteiger partial charge in [0.2, 0.25) is 5.91 Å². The van der Waals surface area contributed by atoms with Gasteiger partial charge in [0.1, 0.15) is 5.76 Å². The van der Waals surface area contributed by atoms with Crippen LogP contribution >= 0.6 is 0 Å². The molecule has 2 aromatic heterocycles. The Hall–Kier alpha value is -2.08. The van der Waals surface area contributed by atoms with Crippen LogP contribution in [0.25, 0.3) is 0 Å². The van der Waals surface area contributed by atoms with Crippen molar-refractivity contribution in [3.05, 3.63) is 42.4 Å². The van der Waals surface area contributed by atoms with Crippen molar-refractivity contribution in [3.63, 3.8) is 0 Å². The van der Waals surface area contributed by atoms with E-state index in [9.17, 15) is 4.79 Å². The summed E-state index contributed by atoms with van der Waals surface area (Å²) in [6.07, 6.45) is 8.20. The minimum atomic E-state index is 0.0896. The molecule has 2 aromatic rings. The quantitative estimate of drug-likeness (QED) is 0.814. The second-order valence-electron chi connectivity index (χ2n) is 6.91. The summed E-state index contributed by atoms with van der Waals surface area (Å²) in [6, 6.07) is 3.66. The molecule has 1 aliphatic heterocycles. The molecule has 0 aromatic carbocycles. The predicted octanol–water partition coefficient (Wildman–Crippen LogP) is 2.10. The van der Waals surface area contributed by atoms with Crippen LogP contribution in [0.3, 0.4) is 0 Å². The van der Waals surface area contributed by atoms with Crippen LogP contribution in [0.15, 0.2) is 35.3 Å². The highest BCUT2D eigenvalue weighted by atomic mass is 16.5. The average molecular weight is 329 g/mol. The summed E-state index contributed by atoms with van der Waals surface area (Å²) >= 11 is 0. The third-order valence-electron chi connectivity index (χ3n) is 4.75. The molecule has 0 N–H and O–H groups in total. The van der Waals surface area contributed by atoms with E-state index in [0.29, 0.717) is 37.8 Å². The molecule has 1 amide bonds. The summed E-state index contributed by atoms with van der Waals surface area (Å²) in [6.45, 7) is 3.71. The molecule has 1 aliphatic carbocycles. The van der Waals surface area contributed by atoms with Gasteiger partial charge in [-0.1, -0.05) is 0 Å². The number of nitrogens with zero attached hydrogens (tertiary/aromatic N) is 3. The van der Waals surface area contributed by atoms with E-state index in [1.165, 1.54) is 12.8 Å². The molecule has 0 spiro atoms. The lowest BCUT2D eigenvalue weighted by molar-refractivity contribution is -0.132. The molecule has 0 bridgehead atoms. The van der Waals surface area contributed by atoms with Gasteiger partial charge >= 0.3 is 0 Å². The first kappa shape index (κ1) is 15.4. The fraction of sp³-hybridized carbons (Fsp3) is 0.556. The summed E-state index contributed by atoms with van der Waals surface area (Å²) in [5.41, 5.74) is 1.08. The molecule has 128 valence electrons. The van der Waals surface area contributed by atoms with Crippen LogP contribution in [0.2, 0.25) is 0 Å². The normalized spacial score (nSPS) is 20.7. The van der Waals surface area contributed by atoms with Crippen molar-refractivity contribution in [2.75, 3.05) is 19.8 Å². The molecule has 0 saturated heterocycles. The van der Waals surface area contributed by atoms with Crippen molar-refractivity contribution in [1.29, 1.82) is 0 Å². The number of amides is 1. The summed E-state index contributed by atoms with van der Waals surface area (Å²) in [5.74, 6) is 1.85. The van der Waals surface area contributed by atoms with Gasteiger partial charge in [-0.05, 0) is 30.9 Å². The van der Waals surface area contributed by atoms with Crippen molar-refractivity contribution in [3.8, 4) is 0 Å². The van der Waals surface area contributed by atoms with Gasteiger partial charge in [-0.2, -0.15) is 0 Å². The maximum absolute atomic E-state index is 12.7. The van der Waals surface area contributed by atoms with E-state index in [1.807, 2.05) is 29.6 Å². The van der Waals surface area contributed by atoms with E-state index in [-0.39, 0.29) is 5.91 Å². The largest absolute Gasteiger partial charge is 0.469 e. The number of aromatic nitrogens is 2. The Morgan fingerprint density at radius 3 is 2.96 bits per heavy atom. The van der Waals surface area contributed by atoms with Gasteiger partial charge in [0.25, 0.3) is 0 Å². The maximum Gasteiger partial charge on any atom is 0.230 e. The minimum absolute atomic E-state index is 0.0896. The smallest absolute Gasteiger partial charge is 0.230 e. The van der Waals surface area contributed by atoms with Crippen LogP contribution in [0.4, 0.5) is 0 Å². The Bertz CT molecular complexity index is 676. The SMILES string of the molecule is O=C(Cc1ccco1)N1Cc2cncn2CC(COCC2CC2)C1. The molecule has 1 unspecified atom stereocenters. The molecule has 1 saturated carbocycles. The van der Waals surface area contributed by atoms with Gasteiger partial charge in [-0.3, -0.25) is 4.79 Å². The van der Waals surface area contributed by atoms with Gasteiger partial charge in [-0.25, -0.2) is 4.98 Å². The van der Waals surface area contributed by atoms with Crippen molar-refractivity contribution < 1.29 is 13.9 Å². The number of hydrogen-bond donors (Lipinski definition) is 0. The fourth-order valence-electron chi connectivity index (χ4n) is 3.21. The molecule has 0 radical (unpaired) electrons. The van der Waals surface area contributed by atoms with E-state index >= 15 is 0 Å². The first-order chi connectivity index (χ1) is 11.8. The highest BCUT2D eigenvalue weighted by Crippen LogP contribution is 2.29. The van der Waals surface area contributed by atoms with Crippen LogP contribution < -0.4 is 0 Å². The third-order valence-corrected chi connectivity index (χ3v) is 4.75. The minimum Gasteiger partial charge on any atom is -0.469 e. The molecule has 24 heavy (non-hydrogen) atoms. The zero-order valence-electron chi connectivity index (χ0n) is 13.8. The van der Waals surface area contributed by atoms with E-state index in [4.69, 9.17) is 9.15 Å². The van der Waals surface area contributed by atoms with Crippen LogP contribution in [-0.2, 0) is 29.0 Å². The van der Waals surface area contributed by atoms with Crippen molar-refractivity contribution in [1.82, 2.24) is 14.5 Å². The predicted molar refractivity (Wildman–Crippen MR) is 87.1 cm³/mol. The number of carbonyl (C=O) groups is 1. The molecule has 6 nitrogen and oxygen atoms in total. The molecule has 6 heteroatoms. The number of hydrogen-bond acceptors (Lipinski definition) is 4. The van der Waals surface area contributed by atoms with E-state index in [2.05, 4.69) is 9.55 Å². The summed E-state index contributed by atoms with van der Waals surface area (Å²) in [4.78, 5) is 18.8. The lowest BCUT2D eigenvalue weighted by Crippen LogP contribution is -2.36. The van der Waals surface area contributed by atoms with Crippen molar-refractivity contribution in [2.24, 2.45) is 11.8 Å². The highest BCUT2D eigenvalue weighted by molar-refractivity contribution is 5.78. The van der Waals surface area contributed by atoms with Crippen LogP contribution in [0.5, 0.6) is 0 Å². The van der Waals surface area contributed by atoms with Gasteiger partial charge in [0.15, 0.2) is 0 Å². The Labute approximate surface area is 141 Å². The average Bonchev–Trinajstić information content (AvgIpc) is 3.13. The molecule has 2 aliphatic rings. The Morgan fingerprint density at radius 1 is 1.29 bits per heavy atom. The van der Waals surface area contributed by atoms with Gasteiger partial charge in [0.05, 0.1) is 37.9 Å². The molecule has 3 heterocycles. The Kier molecular flexibility index (Phi) is 4.38. The molecule has 4 rings (SSSR count). The van der Waals surface area contributed by atoms with Crippen LogP contribution in [-0.4, -0.2) is 40.1 Å². The first-order valence-corrected chi connectivity index (χ1v) is 8.65. The lowest BCUT2D eigenvalue weighted by atomic mass is 10.1. The summed E-state index contributed by atoms with van der Waals surface area (Å²) in [7, 11) is 0. The van der Waals surface area contributed by atoms with E-state index < -0.39 is 0 Å². The second kappa shape index (κ2) is 6.81. The number of furan rings is 1. The number of carbonyl (C=O) groups excluding carboxylic acids is 1. The topological polar surface area (TPSA) is 60.5 Å². The van der Waals surface area contributed by atoms with Crippen LogP contribution in [0, 0.1) is 11.8 Å². The molecular formula is C18H23N3O3. The van der Waals surface area contributed by atoms with Gasteiger partial charge in [0, 0.05) is 31.8 Å². The lowest BCUT2D eigenvalue weighted by Gasteiger charge is -2.24. The highest BCUT2D eigenvalue weighted by Gasteiger charge is 2.27. The first-order valence-electron chi connectivity index (χ1n) is 8.65. The molecule has 1 fully saturated rings. The molecule has 1 atom stereocenters. The van der Waals surface area contributed by atoms with Crippen LogP contribution in [0.1, 0.15) is 24.3 Å². The fourth-order valence-corrected chi connectivity index (χ4v) is 3.21.